The molecule has 0 aliphatic carbocycles. The van der Waals surface area contributed by atoms with Crippen molar-refractivity contribution in [2.24, 2.45) is 32.2 Å². The summed E-state index contributed by atoms with van der Waals surface area (Å²) < 4.78 is 0. The molecule has 6 nitrogen and oxygen atoms in total. The summed E-state index contributed by atoms with van der Waals surface area (Å²) in [6.07, 6.45) is 0. The summed E-state index contributed by atoms with van der Waals surface area (Å²) in [5.74, 6) is -0.0648. The van der Waals surface area contributed by atoms with Crippen LogP contribution in [0, 0.1) is 11.8 Å². The van der Waals surface area contributed by atoms with E-state index in [1.54, 1.807) is 10.2 Å². The first-order valence-corrected chi connectivity index (χ1v) is 9.40. The minimum Gasteiger partial charge on any atom is -0.188 e. The average Bonchev–Trinajstić information content (AvgIpc) is 2.69. The van der Waals surface area contributed by atoms with Crippen LogP contribution in [0.2, 0.25) is 0 Å². The van der Waals surface area contributed by atoms with Crippen LogP contribution in [0.4, 0.5) is 0 Å². The summed E-state index contributed by atoms with van der Waals surface area (Å²) >= 11 is 0. The fourth-order valence-corrected chi connectivity index (χ4v) is 3.95. The molecular formula is C22H24N6. The Morgan fingerprint density at radius 3 is 1.29 bits per heavy atom. The minimum absolute atomic E-state index is 0.0324. The summed E-state index contributed by atoms with van der Waals surface area (Å²) in [5.41, 5.74) is 6.17. The topological polar surface area (TPSA) is 55.9 Å². The molecule has 2 atom stereocenters. The van der Waals surface area contributed by atoms with Crippen LogP contribution in [0.5, 0.6) is 0 Å². The molecule has 2 aromatic carbocycles. The minimum atomic E-state index is -0.0324. The van der Waals surface area contributed by atoms with Crippen molar-refractivity contribution in [1.29, 1.82) is 0 Å². The van der Waals surface area contributed by atoms with E-state index in [1.807, 2.05) is 50.5 Å². The molecule has 0 spiro atoms. The third kappa shape index (κ3) is 3.33. The lowest BCUT2D eigenvalue weighted by Gasteiger charge is -2.35. The standard InChI is InChI=1S/C22H24N6/c1-15-19(21(25-27(3)23-15)17-11-7-5-8-12-17)20-16(2)24-28(4)26-22(20)18-13-9-6-10-14-18/h5-14,19-20H,1-4H3. The van der Waals surface area contributed by atoms with E-state index in [-0.39, 0.29) is 11.8 Å². The molecule has 0 aromatic heterocycles. The third-order valence-electron chi connectivity index (χ3n) is 5.07. The Morgan fingerprint density at radius 2 is 0.929 bits per heavy atom. The summed E-state index contributed by atoms with van der Waals surface area (Å²) in [4.78, 5) is 0. The molecule has 0 bridgehead atoms. The summed E-state index contributed by atoms with van der Waals surface area (Å²) in [6, 6.07) is 20.6. The first kappa shape index (κ1) is 18.1. The highest BCUT2D eigenvalue weighted by Crippen LogP contribution is 2.31. The van der Waals surface area contributed by atoms with Gasteiger partial charge in [-0.15, -0.1) is 0 Å². The van der Waals surface area contributed by atoms with Crippen molar-refractivity contribution in [1.82, 2.24) is 10.2 Å². The van der Waals surface area contributed by atoms with Crippen LogP contribution < -0.4 is 0 Å². The first-order valence-electron chi connectivity index (χ1n) is 9.40. The molecule has 2 aliphatic rings. The Morgan fingerprint density at radius 1 is 0.571 bits per heavy atom. The van der Waals surface area contributed by atoms with Crippen LogP contribution in [0.15, 0.2) is 81.1 Å². The number of nitrogens with zero attached hydrogens (tertiary/aromatic N) is 6. The fourth-order valence-electron chi connectivity index (χ4n) is 3.95. The third-order valence-corrected chi connectivity index (χ3v) is 5.07. The van der Waals surface area contributed by atoms with Gasteiger partial charge < -0.3 is 0 Å². The van der Waals surface area contributed by atoms with Gasteiger partial charge in [-0.3, -0.25) is 0 Å². The van der Waals surface area contributed by atoms with Gasteiger partial charge in [-0.2, -0.15) is 30.6 Å². The normalized spacial score (nSPS) is 22.3. The van der Waals surface area contributed by atoms with Gasteiger partial charge in [-0.25, -0.2) is 0 Å². The van der Waals surface area contributed by atoms with Gasteiger partial charge in [0.1, 0.15) is 0 Å². The van der Waals surface area contributed by atoms with Crippen LogP contribution in [0.1, 0.15) is 25.0 Å². The lowest BCUT2D eigenvalue weighted by atomic mass is 9.75. The Hall–Kier alpha value is -3.28. The van der Waals surface area contributed by atoms with E-state index in [1.165, 1.54) is 0 Å². The molecule has 0 fully saturated rings. The molecular weight excluding hydrogens is 348 g/mol. The molecule has 4 rings (SSSR count). The van der Waals surface area contributed by atoms with Crippen molar-refractivity contribution in [2.45, 2.75) is 13.8 Å². The van der Waals surface area contributed by atoms with Gasteiger partial charge >= 0.3 is 0 Å². The van der Waals surface area contributed by atoms with E-state index in [4.69, 9.17) is 10.2 Å². The Kier molecular flexibility index (Phi) is 4.77. The number of hydrogen-bond donors (Lipinski definition) is 0. The second kappa shape index (κ2) is 7.38. The van der Waals surface area contributed by atoms with Crippen LogP contribution >= 0.6 is 0 Å². The second-order valence-corrected chi connectivity index (χ2v) is 7.12. The quantitative estimate of drug-likeness (QED) is 0.825. The smallest absolute Gasteiger partial charge is 0.0796 e. The highest BCUT2D eigenvalue weighted by molar-refractivity contribution is 6.25. The molecule has 0 N–H and O–H groups in total. The summed E-state index contributed by atoms with van der Waals surface area (Å²) in [5, 5.41) is 22.1. The van der Waals surface area contributed by atoms with Crippen LogP contribution in [0.3, 0.4) is 0 Å². The maximum absolute atomic E-state index is 4.78. The van der Waals surface area contributed by atoms with E-state index >= 15 is 0 Å². The zero-order chi connectivity index (χ0) is 19.7. The van der Waals surface area contributed by atoms with Crippen molar-refractivity contribution in [2.75, 3.05) is 14.1 Å². The molecule has 2 aromatic rings. The molecule has 2 aliphatic heterocycles. The Balaban J connectivity index is 1.85. The van der Waals surface area contributed by atoms with Gasteiger partial charge in [0.15, 0.2) is 0 Å². The lowest BCUT2D eigenvalue weighted by Crippen LogP contribution is -2.45. The maximum Gasteiger partial charge on any atom is 0.0796 e. The van der Waals surface area contributed by atoms with Crippen LogP contribution in [-0.4, -0.2) is 47.2 Å². The van der Waals surface area contributed by atoms with E-state index in [0.717, 1.165) is 34.0 Å². The zero-order valence-corrected chi connectivity index (χ0v) is 16.6. The van der Waals surface area contributed by atoms with E-state index in [0.29, 0.717) is 0 Å². The van der Waals surface area contributed by atoms with E-state index < -0.39 is 0 Å². The highest BCUT2D eigenvalue weighted by Gasteiger charge is 2.40. The fraction of sp³-hybridized carbons (Fsp3) is 0.273. The maximum atomic E-state index is 4.78. The summed E-state index contributed by atoms with van der Waals surface area (Å²) in [7, 11) is 3.73. The van der Waals surface area contributed by atoms with Gasteiger partial charge in [-0.1, -0.05) is 60.7 Å². The molecule has 2 heterocycles. The number of rotatable bonds is 3. The molecule has 0 saturated carbocycles. The highest BCUT2D eigenvalue weighted by atomic mass is 15.7. The molecule has 0 radical (unpaired) electrons. The monoisotopic (exact) mass is 372 g/mol. The van der Waals surface area contributed by atoms with Gasteiger partial charge in [-0.05, 0) is 25.0 Å². The molecule has 6 heteroatoms. The Labute approximate surface area is 165 Å². The van der Waals surface area contributed by atoms with Crippen molar-refractivity contribution in [3.8, 4) is 0 Å². The van der Waals surface area contributed by atoms with E-state index in [2.05, 4.69) is 48.3 Å². The van der Waals surface area contributed by atoms with Crippen LogP contribution in [0.25, 0.3) is 0 Å². The van der Waals surface area contributed by atoms with Gasteiger partial charge in [0, 0.05) is 25.5 Å². The Bertz CT molecular complexity index is 893. The van der Waals surface area contributed by atoms with Gasteiger partial charge in [0.2, 0.25) is 0 Å². The largest absolute Gasteiger partial charge is 0.188 e. The first-order chi connectivity index (χ1) is 13.5. The predicted octanol–water partition coefficient (Wildman–Crippen LogP) is 3.67. The number of hydrazone groups is 4. The molecule has 142 valence electrons. The molecule has 28 heavy (non-hydrogen) atoms. The SMILES string of the molecule is CC1=NN(C)N=C(c2ccccc2)C1C1C(C)=NN(C)N=C1c1ccccc1. The summed E-state index contributed by atoms with van der Waals surface area (Å²) in [6.45, 7) is 4.12. The van der Waals surface area contributed by atoms with Crippen LogP contribution in [-0.2, 0) is 0 Å². The second-order valence-electron chi connectivity index (χ2n) is 7.12. The lowest BCUT2D eigenvalue weighted by molar-refractivity contribution is 0.352. The van der Waals surface area contributed by atoms with Crippen molar-refractivity contribution in [3.05, 3.63) is 71.8 Å². The van der Waals surface area contributed by atoms with E-state index in [9.17, 15) is 0 Å². The molecule has 0 amide bonds. The number of hydrogen-bond acceptors (Lipinski definition) is 6. The predicted molar refractivity (Wildman–Crippen MR) is 115 cm³/mol. The van der Waals surface area contributed by atoms with Gasteiger partial charge in [0.25, 0.3) is 0 Å². The molecule has 2 unspecified atom stereocenters. The van der Waals surface area contributed by atoms with Crippen molar-refractivity contribution < 1.29 is 0 Å². The van der Waals surface area contributed by atoms with Gasteiger partial charge in [0.05, 0.1) is 23.3 Å². The zero-order valence-electron chi connectivity index (χ0n) is 16.6. The molecule has 0 saturated heterocycles. The number of benzene rings is 2. The average molecular weight is 372 g/mol. The van der Waals surface area contributed by atoms with Crippen molar-refractivity contribution >= 4 is 22.8 Å². The van der Waals surface area contributed by atoms with Crippen molar-refractivity contribution in [3.63, 3.8) is 0 Å².